The van der Waals surface area contributed by atoms with Crippen LogP contribution in [-0.4, -0.2) is 342 Å². The van der Waals surface area contributed by atoms with E-state index in [1.165, 1.54) is 42.1 Å². The molecule has 11 amide bonds. The van der Waals surface area contributed by atoms with Crippen molar-refractivity contribution in [1.29, 1.82) is 0 Å². The van der Waals surface area contributed by atoms with Gasteiger partial charge in [-0.25, -0.2) is 0 Å². The van der Waals surface area contributed by atoms with Crippen molar-refractivity contribution in [3.8, 4) is 5.75 Å². The average Bonchev–Trinajstić information content (AvgIpc) is 1.62. The normalized spacial score (nSPS) is 20.9. The molecule has 704 valence electrons. The number of aromatic hydroxyl groups is 1. The third-order valence-electron chi connectivity index (χ3n) is 21.6. The Bertz CT molecular complexity index is 3700. The Kier molecular flexibility index (Phi) is 51.0. The summed E-state index contributed by atoms with van der Waals surface area (Å²) in [7, 11) is -2.50. The Balaban J connectivity index is 0.972. The molecule has 1 aromatic heterocycles. The summed E-state index contributed by atoms with van der Waals surface area (Å²) in [6.45, 7) is 19.2. The number of hydrogen-bond donors (Lipinski definition) is 15. The van der Waals surface area contributed by atoms with Gasteiger partial charge in [0.2, 0.25) is 65.0 Å². The molecule has 4 heterocycles. The summed E-state index contributed by atoms with van der Waals surface area (Å²) in [6.07, 6.45) is 3.69. The number of rotatable bonds is 62. The van der Waals surface area contributed by atoms with E-state index in [4.69, 9.17) is 69.3 Å². The van der Waals surface area contributed by atoms with Gasteiger partial charge in [-0.1, -0.05) is 80.6 Å². The highest BCUT2D eigenvalue weighted by atomic mass is 32.2. The number of primary amides is 2. The van der Waals surface area contributed by atoms with Crippen LogP contribution in [0.4, 0.5) is 0 Å². The van der Waals surface area contributed by atoms with Gasteiger partial charge in [0, 0.05) is 79.0 Å². The van der Waals surface area contributed by atoms with Gasteiger partial charge in [0.15, 0.2) is 0 Å². The number of likely N-dealkylation sites (tertiary alicyclic amines) is 1. The molecule has 13 atom stereocenters. The molecule has 0 aliphatic carbocycles. The molecule has 1 aromatic carbocycles. The number of ether oxygens (including phenoxy) is 11. The highest BCUT2D eigenvalue weighted by Crippen LogP contribution is 2.43. The molecule has 2 fully saturated rings. The number of aromatic amines is 1. The van der Waals surface area contributed by atoms with E-state index < -0.39 is 169 Å². The fourth-order valence-corrected chi connectivity index (χ4v) is 16.1. The number of nitrogens with two attached hydrogens (primary N) is 3. The summed E-state index contributed by atoms with van der Waals surface area (Å²) in [5.74, 6) is -12.0. The standard InChI is InChI=1S/C82H137N13O27S2/c1-8-12-13-14-17-82(7,11-4)60-44-70(103)95(80(60)109)48-55(83)46-86-18-19-112-20-21-113-22-23-114-24-25-115-26-27-116-28-29-117-30-31-118-32-33-119-34-35-120-36-37-121-38-39-122-40-41-123-51-59-65(98)16-15-57-58-43-61(74(85)104)89-78(108)72(54(6)66(99)50-96)92-76(106)64-42-56(97)49-94(64)81(110)62(45-67(84)100)90-75(105)63(52-124(111)79(58)93-73(57)59)88-69(102)47-87-77(107)71(53(5)9-2)91-68(101)10-3/h15-16,46,53-54,56,60-64,66,71-72,86,93,96-99H,8-14,17-45,47-52,83H2,1-7H3,(H2,84,100)(H2,85,104)(H,87,107)(H,88,102)(H,89,108)(H,90,105)(H,91,101)(H,92,106)/b55-46-/t53-,54-,56+,60?,61-,62-,63+,64-,66-,71-,72-,82?,124?/m0/s1. The average molecular weight is 1800 g/mol. The first-order valence-electron chi connectivity index (χ1n) is 42.9. The van der Waals surface area contributed by atoms with Crippen molar-refractivity contribution in [3.05, 3.63) is 35.2 Å². The minimum absolute atomic E-state index is 0.0438. The molecule has 0 radical (unpaired) electrons. The van der Waals surface area contributed by atoms with Crippen LogP contribution in [0.1, 0.15) is 130 Å². The molecular formula is C82H137N13O27S2. The number of carbonyl (C=O) groups excluding carboxylic acids is 11. The Hall–Kier alpha value is -7.79. The van der Waals surface area contributed by atoms with E-state index in [0.29, 0.717) is 150 Å². The second kappa shape index (κ2) is 59.3. The van der Waals surface area contributed by atoms with Crippen LogP contribution in [0.3, 0.4) is 0 Å². The largest absolute Gasteiger partial charge is 0.508 e. The molecule has 3 aliphatic rings. The Morgan fingerprint density at radius 2 is 1.26 bits per heavy atom. The quantitative estimate of drug-likeness (QED) is 0.0262. The van der Waals surface area contributed by atoms with Crippen LogP contribution >= 0.6 is 11.8 Å². The molecule has 0 bridgehead atoms. The van der Waals surface area contributed by atoms with Crippen molar-refractivity contribution in [2.24, 2.45) is 40.4 Å². The number of phenols is 1. The number of nitrogens with one attached hydrogen (secondary N) is 8. The molecule has 2 saturated heterocycles. The maximum absolute atomic E-state index is 15.2. The number of aliphatic hydroxyl groups excluding tert-OH is 3. The van der Waals surface area contributed by atoms with Crippen molar-refractivity contribution < 1.29 is 129 Å². The fraction of sp³-hybridized carbons (Fsp3) is 0.744. The Labute approximate surface area is 732 Å². The number of phenolic OH excluding ortho intramolecular Hbond substituents is 1. The smallest absolute Gasteiger partial charge is 0.246 e. The van der Waals surface area contributed by atoms with E-state index >= 15 is 4.21 Å². The van der Waals surface area contributed by atoms with Gasteiger partial charge in [0.1, 0.15) is 47.0 Å². The first-order valence-corrected chi connectivity index (χ1v) is 45.3. The predicted octanol–water partition coefficient (Wildman–Crippen LogP) is -1.59. The first-order chi connectivity index (χ1) is 59.5. The zero-order chi connectivity index (χ0) is 90.9. The first kappa shape index (κ1) is 107. The van der Waals surface area contributed by atoms with E-state index in [1.54, 1.807) is 27.0 Å². The molecule has 5 rings (SSSR count). The molecule has 124 heavy (non-hydrogen) atoms. The summed E-state index contributed by atoms with van der Waals surface area (Å²) < 4.78 is 76.8. The molecular weight excluding hydrogens is 1660 g/mol. The number of thioether (sulfide) groups is 1. The van der Waals surface area contributed by atoms with Gasteiger partial charge in [0.05, 0.1) is 212 Å². The second-order valence-electron chi connectivity index (χ2n) is 30.8. The number of hydrogen-bond acceptors (Lipinski definition) is 30. The van der Waals surface area contributed by atoms with E-state index in [1.807, 2.05) is 0 Å². The van der Waals surface area contributed by atoms with Crippen LogP contribution in [0.2, 0.25) is 0 Å². The molecule has 40 nitrogen and oxygen atoms in total. The van der Waals surface area contributed by atoms with E-state index in [9.17, 15) is 73.2 Å². The minimum Gasteiger partial charge on any atom is -0.508 e. The van der Waals surface area contributed by atoms with Crippen LogP contribution in [0.25, 0.3) is 10.9 Å². The van der Waals surface area contributed by atoms with Gasteiger partial charge in [0.25, 0.3) is 0 Å². The van der Waals surface area contributed by atoms with E-state index in [2.05, 4.69) is 63.0 Å². The molecule has 18 N–H and O–H groups in total. The molecule has 0 spiro atoms. The lowest BCUT2D eigenvalue weighted by molar-refractivity contribution is -0.144. The van der Waals surface area contributed by atoms with Crippen LogP contribution in [0.5, 0.6) is 5.75 Å². The Morgan fingerprint density at radius 3 is 1.77 bits per heavy atom. The number of benzene rings is 1. The number of amides is 11. The number of carbonyl (C=O) groups is 11. The van der Waals surface area contributed by atoms with Crippen LogP contribution < -0.4 is 54.4 Å². The second-order valence-corrected chi connectivity index (χ2v) is 33.3. The zero-order valence-electron chi connectivity index (χ0n) is 72.9. The zero-order valence-corrected chi connectivity index (χ0v) is 74.5. The fourth-order valence-electron chi connectivity index (χ4n) is 13.8. The third-order valence-corrected chi connectivity index (χ3v) is 24.0. The number of H-pyrrole nitrogens is 1. The van der Waals surface area contributed by atoms with Crippen molar-refractivity contribution in [2.45, 2.75) is 185 Å². The molecule has 3 unspecified atom stereocenters. The van der Waals surface area contributed by atoms with Gasteiger partial charge in [-0.05, 0) is 41.9 Å². The Morgan fingerprint density at radius 1 is 0.702 bits per heavy atom. The summed E-state index contributed by atoms with van der Waals surface area (Å²) >= 11 is 1.34. The van der Waals surface area contributed by atoms with E-state index in [0.717, 1.165) is 37.0 Å². The van der Waals surface area contributed by atoms with E-state index in [-0.39, 0.29) is 101 Å². The number of aliphatic hydroxyl groups is 3. The molecule has 3 aliphatic heterocycles. The maximum Gasteiger partial charge on any atom is 0.246 e. The number of imide groups is 1. The predicted molar refractivity (Wildman–Crippen MR) is 456 cm³/mol. The minimum atomic E-state index is -2.50. The summed E-state index contributed by atoms with van der Waals surface area (Å²) in [6, 6.07) is -7.22. The number of nitrogens with zero attached hydrogens (tertiary/aromatic N) is 2. The summed E-state index contributed by atoms with van der Waals surface area (Å²) in [5, 5.41) is 61.1. The van der Waals surface area contributed by atoms with Crippen LogP contribution in [0.15, 0.2) is 29.1 Å². The highest BCUT2D eigenvalue weighted by Gasteiger charge is 2.49. The molecule has 42 heteroatoms. The van der Waals surface area contributed by atoms with Crippen LogP contribution in [0, 0.1) is 23.2 Å². The number of unbranched alkanes of at least 4 members (excludes halogenated alkanes) is 3. The van der Waals surface area contributed by atoms with Gasteiger partial charge in [-0.15, -0.1) is 0 Å². The van der Waals surface area contributed by atoms with Gasteiger partial charge < -0.3 is 137 Å². The lowest BCUT2D eigenvalue weighted by Gasteiger charge is -2.33. The SMILES string of the molecule is CCCCCCC(C)(CC)C1CC(=O)N(C/C(N)=C/NCCOCCOCCOCCOCCOCCOCCOCCOCCOCCOCCOCCSCc2c(O)ccc3c4c([nH]c23)S(=O)C[C@@H](NC(=O)CNC(=O)[C@@H](NC(=O)CC)[C@@H](C)CC)C(=O)N[C@@H](CC(N)=O)C(=O)N2C[C@H](O)C[C@H]2C(=O)N[C@@H]([C@@H](C)[C@@H](O)CO)C(=O)N[C@H](C(N)=O)C4)C1=O. The van der Waals surface area contributed by atoms with Gasteiger partial charge in [-0.3, -0.25) is 61.8 Å². The van der Waals surface area contributed by atoms with Gasteiger partial charge >= 0.3 is 0 Å². The summed E-state index contributed by atoms with van der Waals surface area (Å²) in [4.78, 5) is 155. The lowest BCUT2D eigenvalue weighted by Crippen LogP contribution is -2.61. The van der Waals surface area contributed by atoms with Crippen molar-refractivity contribution in [3.63, 3.8) is 0 Å². The van der Waals surface area contributed by atoms with Crippen molar-refractivity contribution >= 4 is 98.4 Å². The van der Waals surface area contributed by atoms with Crippen LogP contribution in [-0.2, 0) is 128 Å². The molecule has 2 aromatic rings. The molecule has 0 saturated carbocycles. The topological polar surface area (TPSA) is 572 Å². The number of fused-ring (bicyclic) bond motifs is 4. The van der Waals surface area contributed by atoms with Gasteiger partial charge in [-0.2, -0.15) is 11.8 Å². The third kappa shape index (κ3) is 37.3. The summed E-state index contributed by atoms with van der Waals surface area (Å²) in [5.41, 5.74) is 18.5. The number of aromatic nitrogens is 1. The van der Waals surface area contributed by atoms with Crippen molar-refractivity contribution in [1.82, 2.24) is 52.0 Å². The van der Waals surface area contributed by atoms with Crippen molar-refractivity contribution in [2.75, 3.05) is 190 Å². The highest BCUT2D eigenvalue weighted by molar-refractivity contribution is 7.98. The monoisotopic (exact) mass is 1800 g/mol. The maximum atomic E-state index is 15.2. The lowest BCUT2D eigenvalue weighted by atomic mass is 9.70.